The molecule has 0 saturated heterocycles. The Kier molecular flexibility index (Phi) is 5.02. The van der Waals surface area contributed by atoms with E-state index in [1.807, 2.05) is 0 Å². The molecule has 3 nitrogen and oxygen atoms in total. The second kappa shape index (κ2) is 6.76. The van der Waals surface area contributed by atoms with Gasteiger partial charge in [-0.2, -0.15) is 10.5 Å². The summed E-state index contributed by atoms with van der Waals surface area (Å²) in [5, 5.41) is 21.4. The van der Waals surface area contributed by atoms with Gasteiger partial charge in [0.2, 0.25) is 0 Å². The summed E-state index contributed by atoms with van der Waals surface area (Å²) in [5.74, 6) is 1.38. The zero-order valence-corrected chi connectivity index (χ0v) is 11.1. The topological polar surface area (TPSA) is 59.6 Å². The van der Waals surface area contributed by atoms with Crippen LogP contribution in [-0.4, -0.2) is 12.6 Å². The standard InChI is InChI=1S/C15H23N3/c16-9-12-1-3-14(4-2-12)11-18-15-7-5-13(10-17)6-8-15/h12-15,18H,1-8,11H2. The lowest BCUT2D eigenvalue weighted by atomic mass is 9.82. The van der Waals surface area contributed by atoms with E-state index in [0.717, 1.165) is 51.0 Å². The lowest BCUT2D eigenvalue weighted by molar-refractivity contribution is 0.268. The molecule has 0 spiro atoms. The monoisotopic (exact) mass is 245 g/mol. The van der Waals surface area contributed by atoms with E-state index in [-0.39, 0.29) is 0 Å². The Bertz CT molecular complexity index is 289. The Balaban J connectivity index is 1.62. The molecule has 0 aromatic rings. The molecular weight excluding hydrogens is 222 g/mol. The van der Waals surface area contributed by atoms with Crippen molar-refractivity contribution in [3.05, 3.63) is 0 Å². The molecule has 2 aliphatic carbocycles. The highest BCUT2D eigenvalue weighted by molar-refractivity contribution is 4.90. The molecule has 98 valence electrons. The van der Waals surface area contributed by atoms with E-state index < -0.39 is 0 Å². The van der Waals surface area contributed by atoms with Crippen molar-refractivity contribution in [1.82, 2.24) is 5.32 Å². The van der Waals surface area contributed by atoms with Crippen molar-refractivity contribution in [2.24, 2.45) is 17.8 Å². The fourth-order valence-electron chi connectivity index (χ4n) is 3.26. The van der Waals surface area contributed by atoms with Gasteiger partial charge >= 0.3 is 0 Å². The predicted octanol–water partition coefficient (Wildman–Crippen LogP) is 2.99. The highest BCUT2D eigenvalue weighted by atomic mass is 14.9. The molecule has 0 heterocycles. The molecule has 2 aliphatic rings. The summed E-state index contributed by atoms with van der Waals surface area (Å²) < 4.78 is 0. The van der Waals surface area contributed by atoms with Crippen molar-refractivity contribution in [2.45, 2.75) is 57.4 Å². The van der Waals surface area contributed by atoms with E-state index >= 15 is 0 Å². The fraction of sp³-hybridized carbons (Fsp3) is 0.867. The first-order valence-electron chi connectivity index (χ1n) is 7.34. The first kappa shape index (κ1) is 13.4. The van der Waals surface area contributed by atoms with Gasteiger partial charge in [-0.3, -0.25) is 0 Å². The van der Waals surface area contributed by atoms with E-state index in [1.54, 1.807) is 0 Å². The van der Waals surface area contributed by atoms with Crippen LogP contribution in [0.3, 0.4) is 0 Å². The lowest BCUT2D eigenvalue weighted by Gasteiger charge is -2.30. The third-order valence-electron chi connectivity index (χ3n) is 4.63. The number of nitriles is 2. The maximum Gasteiger partial charge on any atom is 0.0655 e. The smallest absolute Gasteiger partial charge is 0.0655 e. The van der Waals surface area contributed by atoms with Crippen LogP contribution in [0.2, 0.25) is 0 Å². The van der Waals surface area contributed by atoms with Crippen LogP contribution in [-0.2, 0) is 0 Å². The van der Waals surface area contributed by atoms with Crippen LogP contribution in [0.1, 0.15) is 51.4 Å². The minimum Gasteiger partial charge on any atom is -0.314 e. The summed E-state index contributed by atoms with van der Waals surface area (Å²) in [5.41, 5.74) is 0. The van der Waals surface area contributed by atoms with Gasteiger partial charge in [-0.05, 0) is 63.8 Å². The van der Waals surface area contributed by atoms with Gasteiger partial charge in [-0.25, -0.2) is 0 Å². The summed E-state index contributed by atoms with van der Waals surface area (Å²) >= 11 is 0. The molecule has 0 amide bonds. The van der Waals surface area contributed by atoms with Crippen LogP contribution in [0.5, 0.6) is 0 Å². The Morgan fingerprint density at radius 2 is 1.28 bits per heavy atom. The molecule has 18 heavy (non-hydrogen) atoms. The van der Waals surface area contributed by atoms with Crippen LogP contribution in [0.4, 0.5) is 0 Å². The number of rotatable bonds is 3. The molecule has 0 unspecified atom stereocenters. The molecule has 2 fully saturated rings. The quantitative estimate of drug-likeness (QED) is 0.831. The molecule has 0 aromatic carbocycles. The van der Waals surface area contributed by atoms with Crippen LogP contribution < -0.4 is 5.32 Å². The number of hydrogen-bond donors (Lipinski definition) is 1. The zero-order valence-electron chi connectivity index (χ0n) is 11.1. The van der Waals surface area contributed by atoms with Gasteiger partial charge in [-0.1, -0.05) is 0 Å². The van der Waals surface area contributed by atoms with Gasteiger partial charge in [0.1, 0.15) is 0 Å². The molecule has 0 bridgehead atoms. The third-order valence-corrected chi connectivity index (χ3v) is 4.63. The van der Waals surface area contributed by atoms with Crippen molar-refractivity contribution in [2.75, 3.05) is 6.54 Å². The van der Waals surface area contributed by atoms with Gasteiger partial charge in [0.15, 0.2) is 0 Å². The molecule has 0 radical (unpaired) electrons. The number of nitrogens with one attached hydrogen (secondary N) is 1. The van der Waals surface area contributed by atoms with E-state index in [0.29, 0.717) is 17.9 Å². The minimum absolute atomic E-state index is 0.300. The van der Waals surface area contributed by atoms with Crippen LogP contribution >= 0.6 is 0 Å². The largest absolute Gasteiger partial charge is 0.314 e. The van der Waals surface area contributed by atoms with E-state index in [9.17, 15) is 0 Å². The normalized spacial score (nSPS) is 36.6. The predicted molar refractivity (Wildman–Crippen MR) is 70.4 cm³/mol. The first-order valence-corrected chi connectivity index (χ1v) is 7.34. The summed E-state index contributed by atoms with van der Waals surface area (Å²) in [4.78, 5) is 0. The zero-order chi connectivity index (χ0) is 12.8. The summed E-state index contributed by atoms with van der Waals surface area (Å²) in [6.07, 6.45) is 9.04. The summed E-state index contributed by atoms with van der Waals surface area (Å²) in [6.45, 7) is 1.11. The first-order chi connectivity index (χ1) is 8.81. The third kappa shape index (κ3) is 3.72. The van der Waals surface area contributed by atoms with Crippen molar-refractivity contribution in [1.29, 1.82) is 10.5 Å². The van der Waals surface area contributed by atoms with Crippen LogP contribution in [0, 0.1) is 40.4 Å². The van der Waals surface area contributed by atoms with Crippen molar-refractivity contribution in [3.63, 3.8) is 0 Å². The average molecular weight is 245 g/mol. The average Bonchev–Trinajstić information content (AvgIpc) is 2.46. The van der Waals surface area contributed by atoms with Crippen LogP contribution in [0.15, 0.2) is 0 Å². The fourth-order valence-corrected chi connectivity index (χ4v) is 3.26. The molecule has 1 N–H and O–H groups in total. The molecule has 2 saturated carbocycles. The second-order valence-electron chi connectivity index (χ2n) is 5.93. The molecule has 2 rings (SSSR count). The van der Waals surface area contributed by atoms with Gasteiger partial charge in [0.25, 0.3) is 0 Å². The van der Waals surface area contributed by atoms with Gasteiger partial charge < -0.3 is 5.32 Å². The van der Waals surface area contributed by atoms with E-state index in [1.165, 1.54) is 12.8 Å². The van der Waals surface area contributed by atoms with Crippen molar-refractivity contribution < 1.29 is 0 Å². The molecule has 3 heteroatoms. The molecule has 0 aliphatic heterocycles. The Hall–Kier alpha value is -1.06. The van der Waals surface area contributed by atoms with Crippen LogP contribution in [0.25, 0.3) is 0 Å². The Morgan fingerprint density at radius 1 is 0.778 bits per heavy atom. The van der Waals surface area contributed by atoms with Gasteiger partial charge in [-0.15, -0.1) is 0 Å². The Labute approximate surface area is 110 Å². The number of nitrogens with zero attached hydrogens (tertiary/aromatic N) is 2. The highest BCUT2D eigenvalue weighted by Gasteiger charge is 2.23. The lowest BCUT2D eigenvalue weighted by Crippen LogP contribution is -2.37. The molecule has 0 aromatic heterocycles. The Morgan fingerprint density at radius 3 is 1.78 bits per heavy atom. The highest BCUT2D eigenvalue weighted by Crippen LogP contribution is 2.29. The minimum atomic E-state index is 0.300. The number of hydrogen-bond acceptors (Lipinski definition) is 3. The SMILES string of the molecule is N#CC1CCC(CNC2CCC(C#N)CC2)CC1. The molecule has 0 atom stereocenters. The maximum atomic E-state index is 8.87. The summed E-state index contributed by atoms with van der Waals surface area (Å²) in [6, 6.07) is 5.40. The van der Waals surface area contributed by atoms with Crippen molar-refractivity contribution >= 4 is 0 Å². The van der Waals surface area contributed by atoms with Gasteiger partial charge in [0, 0.05) is 17.9 Å². The molecular formula is C15H23N3. The summed E-state index contributed by atoms with van der Waals surface area (Å²) in [7, 11) is 0. The van der Waals surface area contributed by atoms with Gasteiger partial charge in [0.05, 0.1) is 12.1 Å². The van der Waals surface area contributed by atoms with E-state index in [2.05, 4.69) is 17.5 Å². The van der Waals surface area contributed by atoms with E-state index in [4.69, 9.17) is 10.5 Å². The second-order valence-corrected chi connectivity index (χ2v) is 5.93. The van der Waals surface area contributed by atoms with Crippen molar-refractivity contribution in [3.8, 4) is 12.1 Å². The maximum absolute atomic E-state index is 8.87.